The topological polar surface area (TPSA) is 73.5 Å². The molecular formula is C19H30Cl2N4O2. The number of nitrogens with one attached hydrogen (secondary N) is 3. The minimum atomic E-state index is -0.109. The molecule has 152 valence electrons. The van der Waals surface area contributed by atoms with E-state index in [-0.39, 0.29) is 42.7 Å². The molecule has 0 bridgehead atoms. The maximum absolute atomic E-state index is 12.2. The van der Waals surface area contributed by atoms with Crippen molar-refractivity contribution in [2.75, 3.05) is 36.8 Å². The van der Waals surface area contributed by atoms with Crippen molar-refractivity contribution >= 4 is 48.0 Å². The van der Waals surface area contributed by atoms with Gasteiger partial charge in [0.15, 0.2) is 0 Å². The van der Waals surface area contributed by atoms with Crippen LogP contribution in [0.4, 0.5) is 11.4 Å². The van der Waals surface area contributed by atoms with E-state index in [2.05, 4.69) is 20.9 Å². The average molecular weight is 417 g/mol. The summed E-state index contributed by atoms with van der Waals surface area (Å²) in [4.78, 5) is 26.7. The molecule has 2 fully saturated rings. The minimum Gasteiger partial charge on any atom is -0.326 e. The largest absolute Gasteiger partial charge is 0.326 e. The second-order valence-corrected chi connectivity index (χ2v) is 6.92. The van der Waals surface area contributed by atoms with E-state index in [1.165, 1.54) is 19.3 Å². The van der Waals surface area contributed by atoms with E-state index in [0.717, 1.165) is 44.7 Å². The molecule has 2 saturated heterocycles. The Hall–Kier alpha value is -1.34. The zero-order valence-corrected chi connectivity index (χ0v) is 17.2. The molecule has 0 saturated carbocycles. The van der Waals surface area contributed by atoms with Gasteiger partial charge in [-0.2, -0.15) is 0 Å². The van der Waals surface area contributed by atoms with Gasteiger partial charge in [0.05, 0.1) is 6.04 Å². The molecule has 3 rings (SSSR count). The van der Waals surface area contributed by atoms with Crippen LogP contribution in [0, 0.1) is 0 Å². The highest BCUT2D eigenvalue weighted by atomic mass is 35.5. The van der Waals surface area contributed by atoms with Crippen LogP contribution in [-0.2, 0) is 9.59 Å². The highest BCUT2D eigenvalue weighted by molar-refractivity contribution is 5.96. The maximum Gasteiger partial charge on any atom is 0.241 e. The van der Waals surface area contributed by atoms with Crippen molar-refractivity contribution in [2.45, 2.75) is 44.6 Å². The smallest absolute Gasteiger partial charge is 0.241 e. The molecule has 8 heteroatoms. The fourth-order valence-corrected chi connectivity index (χ4v) is 3.48. The number of piperidine rings is 1. The van der Waals surface area contributed by atoms with Crippen molar-refractivity contribution in [3.05, 3.63) is 24.3 Å². The second kappa shape index (κ2) is 12.2. The Bertz CT molecular complexity index is 603. The second-order valence-electron chi connectivity index (χ2n) is 6.92. The fraction of sp³-hybridized carbons (Fsp3) is 0.579. The van der Waals surface area contributed by atoms with Gasteiger partial charge in [0.25, 0.3) is 0 Å². The number of anilines is 2. The lowest BCUT2D eigenvalue weighted by atomic mass is 10.1. The molecule has 1 aromatic carbocycles. The van der Waals surface area contributed by atoms with Crippen molar-refractivity contribution in [1.82, 2.24) is 10.2 Å². The van der Waals surface area contributed by atoms with Crippen LogP contribution in [0.3, 0.4) is 0 Å². The highest BCUT2D eigenvalue weighted by Gasteiger charge is 2.21. The van der Waals surface area contributed by atoms with Gasteiger partial charge in [-0.05, 0) is 63.5 Å². The van der Waals surface area contributed by atoms with Gasteiger partial charge in [-0.3, -0.25) is 9.59 Å². The molecule has 2 aliphatic heterocycles. The predicted molar refractivity (Wildman–Crippen MR) is 114 cm³/mol. The Morgan fingerprint density at radius 3 is 2.41 bits per heavy atom. The summed E-state index contributed by atoms with van der Waals surface area (Å²) in [6.07, 6.45) is 6.18. The molecule has 1 atom stereocenters. The fourth-order valence-electron chi connectivity index (χ4n) is 3.48. The number of halogens is 2. The number of hydrogen-bond donors (Lipinski definition) is 3. The lowest BCUT2D eigenvalue weighted by Crippen LogP contribution is -2.35. The summed E-state index contributed by atoms with van der Waals surface area (Å²) in [5, 5.41) is 9.04. The summed E-state index contributed by atoms with van der Waals surface area (Å²) >= 11 is 0. The third kappa shape index (κ3) is 7.66. The summed E-state index contributed by atoms with van der Waals surface area (Å²) in [5.74, 6) is 0.0117. The number of nitrogens with zero attached hydrogens (tertiary/aromatic N) is 1. The zero-order valence-electron chi connectivity index (χ0n) is 15.5. The van der Waals surface area contributed by atoms with Gasteiger partial charge in [-0.15, -0.1) is 24.8 Å². The van der Waals surface area contributed by atoms with Crippen molar-refractivity contribution in [1.29, 1.82) is 0 Å². The van der Waals surface area contributed by atoms with E-state index >= 15 is 0 Å². The highest BCUT2D eigenvalue weighted by Crippen LogP contribution is 2.17. The quantitative estimate of drug-likeness (QED) is 0.665. The van der Waals surface area contributed by atoms with Crippen molar-refractivity contribution in [2.24, 2.45) is 0 Å². The van der Waals surface area contributed by atoms with E-state index in [9.17, 15) is 9.59 Å². The molecular weight excluding hydrogens is 387 g/mol. The predicted octanol–water partition coefficient (Wildman–Crippen LogP) is 3.04. The Morgan fingerprint density at radius 2 is 1.74 bits per heavy atom. The third-order valence-electron chi connectivity index (χ3n) is 4.89. The summed E-state index contributed by atoms with van der Waals surface area (Å²) in [6.45, 7) is 3.91. The van der Waals surface area contributed by atoms with E-state index in [0.29, 0.717) is 12.1 Å². The third-order valence-corrected chi connectivity index (χ3v) is 4.89. The zero-order chi connectivity index (χ0) is 17.5. The number of rotatable bonds is 6. The number of hydrogen-bond acceptors (Lipinski definition) is 4. The normalized spacial score (nSPS) is 19.5. The standard InChI is InChI=1S/C19H28N4O2.2ClH/c24-18(9-13-23-11-2-1-3-12-23)21-15-6-4-7-16(14-15)22-19(25)17-8-5-10-20-17;;/h4,6-7,14,17,20H,1-3,5,8-13H2,(H,21,24)(H,22,25);2*1H. The molecule has 2 aliphatic rings. The first kappa shape index (κ1) is 23.7. The van der Waals surface area contributed by atoms with Crippen LogP contribution in [0.5, 0.6) is 0 Å². The first-order valence-corrected chi connectivity index (χ1v) is 9.37. The number of likely N-dealkylation sites (tertiary alicyclic amines) is 1. The summed E-state index contributed by atoms with van der Waals surface area (Å²) < 4.78 is 0. The average Bonchev–Trinajstić information content (AvgIpc) is 3.16. The van der Waals surface area contributed by atoms with E-state index < -0.39 is 0 Å². The van der Waals surface area contributed by atoms with E-state index in [1.807, 2.05) is 24.3 Å². The monoisotopic (exact) mass is 416 g/mol. The van der Waals surface area contributed by atoms with E-state index in [4.69, 9.17) is 0 Å². The molecule has 2 amide bonds. The minimum absolute atomic E-state index is 0. The van der Waals surface area contributed by atoms with Gasteiger partial charge in [-0.1, -0.05) is 12.5 Å². The molecule has 1 aromatic rings. The van der Waals surface area contributed by atoms with Crippen molar-refractivity contribution in [3.63, 3.8) is 0 Å². The van der Waals surface area contributed by atoms with Crippen LogP contribution < -0.4 is 16.0 Å². The maximum atomic E-state index is 12.2. The number of carbonyl (C=O) groups excluding carboxylic acids is 2. The number of benzene rings is 1. The Morgan fingerprint density at radius 1 is 1.04 bits per heavy atom. The van der Waals surface area contributed by atoms with Gasteiger partial charge in [0.2, 0.25) is 11.8 Å². The summed E-state index contributed by atoms with van der Waals surface area (Å²) in [6, 6.07) is 7.24. The van der Waals surface area contributed by atoms with Crippen molar-refractivity contribution < 1.29 is 9.59 Å². The molecule has 0 radical (unpaired) electrons. The lowest BCUT2D eigenvalue weighted by Gasteiger charge is -2.25. The van der Waals surface area contributed by atoms with Gasteiger partial charge in [-0.25, -0.2) is 0 Å². The van der Waals surface area contributed by atoms with Gasteiger partial charge >= 0.3 is 0 Å². The van der Waals surface area contributed by atoms with Crippen molar-refractivity contribution in [3.8, 4) is 0 Å². The van der Waals surface area contributed by atoms with Crippen LogP contribution in [-0.4, -0.2) is 48.9 Å². The number of carbonyl (C=O) groups is 2. The van der Waals surface area contributed by atoms with Gasteiger partial charge < -0.3 is 20.9 Å². The number of amides is 2. The Labute approximate surface area is 173 Å². The van der Waals surface area contributed by atoms with Crippen LogP contribution in [0.2, 0.25) is 0 Å². The van der Waals surface area contributed by atoms with Crippen LogP contribution in [0.15, 0.2) is 24.3 Å². The molecule has 6 nitrogen and oxygen atoms in total. The summed E-state index contributed by atoms with van der Waals surface area (Å²) in [5.41, 5.74) is 1.44. The van der Waals surface area contributed by atoms with Gasteiger partial charge in [0.1, 0.15) is 0 Å². The molecule has 3 N–H and O–H groups in total. The van der Waals surface area contributed by atoms with Crippen LogP contribution in [0.1, 0.15) is 38.5 Å². The molecule has 1 unspecified atom stereocenters. The molecule has 0 spiro atoms. The first-order valence-electron chi connectivity index (χ1n) is 9.37. The molecule has 27 heavy (non-hydrogen) atoms. The Balaban J connectivity index is 0.00000182. The van der Waals surface area contributed by atoms with Gasteiger partial charge in [0, 0.05) is 24.3 Å². The summed E-state index contributed by atoms with van der Waals surface area (Å²) in [7, 11) is 0. The Kier molecular flexibility index (Phi) is 10.7. The SMILES string of the molecule is Cl.Cl.O=C(CCN1CCCCC1)Nc1cccc(NC(=O)C2CCCN2)c1. The van der Waals surface area contributed by atoms with E-state index in [1.54, 1.807) is 0 Å². The molecule has 0 aromatic heterocycles. The van der Waals surface area contributed by atoms with Crippen LogP contribution in [0.25, 0.3) is 0 Å². The van der Waals surface area contributed by atoms with Crippen LogP contribution >= 0.6 is 24.8 Å². The lowest BCUT2D eigenvalue weighted by molar-refractivity contribution is -0.118. The molecule has 2 heterocycles. The first-order chi connectivity index (χ1) is 12.2. The molecule has 0 aliphatic carbocycles.